The molecule has 122 valence electrons. The highest BCUT2D eigenvalue weighted by Crippen LogP contribution is 2.31. The maximum atomic E-state index is 11.8. The molecule has 4 heteroatoms. The summed E-state index contributed by atoms with van der Waals surface area (Å²) >= 11 is 0. The molecular weight excluding hydrogens is 292 g/mol. The van der Waals surface area contributed by atoms with Gasteiger partial charge >= 0.3 is 5.97 Å². The van der Waals surface area contributed by atoms with Gasteiger partial charge in [0.05, 0.1) is 13.2 Å². The van der Waals surface area contributed by atoms with E-state index >= 15 is 0 Å². The van der Waals surface area contributed by atoms with Crippen LogP contribution in [0.2, 0.25) is 0 Å². The minimum atomic E-state index is -0.557. The van der Waals surface area contributed by atoms with E-state index in [2.05, 4.69) is 0 Å². The number of esters is 1. The van der Waals surface area contributed by atoms with Crippen molar-refractivity contribution in [1.29, 1.82) is 0 Å². The molecule has 2 rings (SSSR count). The molecule has 0 spiro atoms. The molecule has 0 N–H and O–H groups in total. The maximum Gasteiger partial charge on any atom is 0.341 e. The Bertz CT molecular complexity index is 616. The third kappa shape index (κ3) is 4.89. The molecule has 0 saturated heterocycles. The number of benzene rings is 1. The SMILES string of the molecule is CCOC(=O)C1=CC(C)(CCOCc2ccccc2)C=CC1=O. The Morgan fingerprint density at radius 1 is 1.22 bits per heavy atom. The van der Waals surface area contributed by atoms with Gasteiger partial charge in [-0.2, -0.15) is 0 Å². The van der Waals surface area contributed by atoms with Gasteiger partial charge in [-0.1, -0.05) is 49.4 Å². The summed E-state index contributed by atoms with van der Waals surface area (Å²) in [5, 5.41) is 0. The second kappa shape index (κ2) is 7.88. The van der Waals surface area contributed by atoms with Crippen LogP contribution >= 0.6 is 0 Å². The van der Waals surface area contributed by atoms with E-state index in [0.717, 1.165) is 5.56 Å². The molecule has 0 amide bonds. The van der Waals surface area contributed by atoms with Gasteiger partial charge in [0, 0.05) is 12.0 Å². The van der Waals surface area contributed by atoms with Crippen LogP contribution in [-0.4, -0.2) is 25.0 Å². The monoisotopic (exact) mass is 314 g/mol. The van der Waals surface area contributed by atoms with Crippen molar-refractivity contribution in [2.75, 3.05) is 13.2 Å². The Kier molecular flexibility index (Phi) is 5.88. The van der Waals surface area contributed by atoms with Crippen LogP contribution in [0.4, 0.5) is 0 Å². The van der Waals surface area contributed by atoms with E-state index in [1.165, 1.54) is 6.08 Å². The predicted octanol–water partition coefficient (Wildman–Crippen LogP) is 3.23. The van der Waals surface area contributed by atoms with E-state index in [1.807, 2.05) is 43.3 Å². The van der Waals surface area contributed by atoms with Crippen LogP contribution in [0.3, 0.4) is 0 Å². The average Bonchev–Trinajstić information content (AvgIpc) is 2.55. The maximum absolute atomic E-state index is 11.8. The third-order valence-corrected chi connectivity index (χ3v) is 3.75. The highest BCUT2D eigenvalue weighted by atomic mass is 16.5. The molecule has 0 fully saturated rings. The minimum Gasteiger partial charge on any atom is -0.462 e. The highest BCUT2D eigenvalue weighted by molar-refractivity contribution is 6.22. The Morgan fingerprint density at radius 2 is 1.96 bits per heavy atom. The molecule has 1 unspecified atom stereocenters. The first kappa shape index (κ1) is 17.2. The van der Waals surface area contributed by atoms with Gasteiger partial charge < -0.3 is 9.47 Å². The first-order valence-electron chi connectivity index (χ1n) is 7.79. The zero-order valence-corrected chi connectivity index (χ0v) is 13.6. The lowest BCUT2D eigenvalue weighted by molar-refractivity contribution is -0.139. The van der Waals surface area contributed by atoms with Gasteiger partial charge in [-0.25, -0.2) is 4.79 Å². The van der Waals surface area contributed by atoms with E-state index in [1.54, 1.807) is 13.0 Å². The molecule has 0 heterocycles. The molecule has 23 heavy (non-hydrogen) atoms. The lowest BCUT2D eigenvalue weighted by atomic mass is 9.80. The van der Waals surface area contributed by atoms with Crippen LogP contribution in [-0.2, 0) is 25.7 Å². The van der Waals surface area contributed by atoms with Crippen molar-refractivity contribution in [2.24, 2.45) is 5.41 Å². The Morgan fingerprint density at radius 3 is 2.65 bits per heavy atom. The Balaban J connectivity index is 1.91. The predicted molar refractivity (Wildman–Crippen MR) is 87.7 cm³/mol. The van der Waals surface area contributed by atoms with Crippen LogP contribution in [0.5, 0.6) is 0 Å². The Hall–Kier alpha value is -2.20. The standard InChI is InChI=1S/C19H22O4/c1-3-23-18(21)16-13-19(2,10-9-17(16)20)11-12-22-14-15-7-5-4-6-8-15/h4-10,13H,3,11-12,14H2,1-2H3. The first-order chi connectivity index (χ1) is 11.0. The number of carbonyl (C=O) groups excluding carboxylic acids is 2. The summed E-state index contributed by atoms with van der Waals surface area (Å²) in [6.07, 6.45) is 5.65. The lowest BCUT2D eigenvalue weighted by Gasteiger charge is -2.25. The van der Waals surface area contributed by atoms with Gasteiger partial charge in [-0.3, -0.25) is 4.79 Å². The molecule has 4 nitrogen and oxygen atoms in total. The fraction of sp³-hybridized carbons (Fsp3) is 0.368. The van der Waals surface area contributed by atoms with Gasteiger partial charge in [0.2, 0.25) is 0 Å². The summed E-state index contributed by atoms with van der Waals surface area (Å²) < 4.78 is 10.6. The van der Waals surface area contributed by atoms with Gasteiger partial charge in [-0.15, -0.1) is 0 Å². The van der Waals surface area contributed by atoms with Crippen molar-refractivity contribution in [3.63, 3.8) is 0 Å². The molecule has 1 aromatic carbocycles. The van der Waals surface area contributed by atoms with Crippen LogP contribution < -0.4 is 0 Å². The fourth-order valence-corrected chi connectivity index (χ4v) is 2.39. The fourth-order valence-electron chi connectivity index (χ4n) is 2.39. The number of ketones is 1. The summed E-state index contributed by atoms with van der Waals surface area (Å²) in [6, 6.07) is 9.95. The van der Waals surface area contributed by atoms with Crippen molar-refractivity contribution >= 4 is 11.8 Å². The van der Waals surface area contributed by atoms with Gasteiger partial charge in [-0.05, 0) is 25.0 Å². The average molecular weight is 314 g/mol. The van der Waals surface area contributed by atoms with E-state index in [9.17, 15) is 9.59 Å². The molecule has 0 aromatic heterocycles. The van der Waals surface area contributed by atoms with Crippen molar-refractivity contribution in [2.45, 2.75) is 26.9 Å². The molecule has 1 aliphatic carbocycles. The van der Waals surface area contributed by atoms with Gasteiger partial charge in [0.15, 0.2) is 5.78 Å². The summed E-state index contributed by atoms with van der Waals surface area (Å²) in [6.45, 7) is 5.04. The largest absolute Gasteiger partial charge is 0.462 e. The number of ether oxygens (including phenoxy) is 2. The first-order valence-corrected chi connectivity index (χ1v) is 7.79. The number of allylic oxidation sites excluding steroid dienone is 3. The topological polar surface area (TPSA) is 52.6 Å². The van der Waals surface area contributed by atoms with E-state index in [4.69, 9.17) is 9.47 Å². The van der Waals surface area contributed by atoms with Gasteiger partial charge in [0.25, 0.3) is 0 Å². The van der Waals surface area contributed by atoms with E-state index < -0.39 is 5.97 Å². The lowest BCUT2D eigenvalue weighted by Crippen LogP contribution is -2.24. The van der Waals surface area contributed by atoms with Crippen molar-refractivity contribution < 1.29 is 19.1 Å². The summed E-state index contributed by atoms with van der Waals surface area (Å²) in [5.74, 6) is -0.857. The molecule has 1 atom stereocenters. The summed E-state index contributed by atoms with van der Waals surface area (Å²) in [7, 11) is 0. The molecule has 0 bridgehead atoms. The van der Waals surface area contributed by atoms with Crippen molar-refractivity contribution in [1.82, 2.24) is 0 Å². The minimum absolute atomic E-state index is 0.111. The normalized spacial score (nSPS) is 20.3. The zero-order chi connectivity index (χ0) is 16.7. The summed E-state index contributed by atoms with van der Waals surface area (Å²) in [5.41, 5.74) is 0.849. The number of hydrogen-bond donors (Lipinski definition) is 0. The van der Waals surface area contributed by atoms with Crippen molar-refractivity contribution in [3.8, 4) is 0 Å². The van der Waals surface area contributed by atoms with Crippen LogP contribution in [0.1, 0.15) is 25.8 Å². The van der Waals surface area contributed by atoms with Crippen LogP contribution in [0.15, 0.2) is 54.1 Å². The molecule has 0 aliphatic heterocycles. The molecular formula is C19H22O4. The molecule has 1 aliphatic rings. The second-order valence-electron chi connectivity index (χ2n) is 5.77. The number of hydrogen-bond acceptors (Lipinski definition) is 4. The van der Waals surface area contributed by atoms with Crippen molar-refractivity contribution in [3.05, 3.63) is 59.7 Å². The molecule has 1 aromatic rings. The van der Waals surface area contributed by atoms with Crippen LogP contribution in [0, 0.1) is 5.41 Å². The highest BCUT2D eigenvalue weighted by Gasteiger charge is 2.29. The molecule has 0 radical (unpaired) electrons. The smallest absolute Gasteiger partial charge is 0.341 e. The molecule has 0 saturated carbocycles. The third-order valence-electron chi connectivity index (χ3n) is 3.75. The number of carbonyl (C=O) groups is 2. The quantitative estimate of drug-likeness (QED) is 0.440. The number of rotatable bonds is 7. The summed E-state index contributed by atoms with van der Waals surface area (Å²) in [4.78, 5) is 23.7. The zero-order valence-electron chi connectivity index (χ0n) is 13.6. The second-order valence-corrected chi connectivity index (χ2v) is 5.77. The Labute approximate surface area is 136 Å². The van der Waals surface area contributed by atoms with E-state index in [-0.39, 0.29) is 23.4 Å². The van der Waals surface area contributed by atoms with Crippen LogP contribution in [0.25, 0.3) is 0 Å². The van der Waals surface area contributed by atoms with E-state index in [0.29, 0.717) is 19.6 Å². The van der Waals surface area contributed by atoms with Gasteiger partial charge in [0.1, 0.15) is 5.57 Å².